The molecule has 1 heterocycles. The molecule has 4 N–H and O–H groups in total. The van der Waals surface area contributed by atoms with Crippen molar-refractivity contribution in [3.05, 3.63) is 60.0 Å². The lowest BCUT2D eigenvalue weighted by Gasteiger charge is -2.18. The number of rotatable bonds is 9. The van der Waals surface area contributed by atoms with Gasteiger partial charge in [0, 0.05) is 42.8 Å². The normalized spacial score (nSPS) is 16.0. The number of ether oxygens (including phenoxy) is 1. The summed E-state index contributed by atoms with van der Waals surface area (Å²) in [4.78, 5) is 37.1. The molecular formula is C25H27FN6O3. The van der Waals surface area contributed by atoms with Crippen LogP contribution in [-0.2, 0) is 9.59 Å². The molecule has 2 saturated carbocycles. The summed E-state index contributed by atoms with van der Waals surface area (Å²) in [6, 6.07) is 2.51. The fourth-order valence-corrected chi connectivity index (χ4v) is 3.51. The Morgan fingerprint density at radius 1 is 1.23 bits per heavy atom. The minimum atomic E-state index is -0.801. The summed E-state index contributed by atoms with van der Waals surface area (Å²) in [7, 11) is 2.93. The molecule has 0 unspecified atom stereocenters. The Balaban J connectivity index is 1.69. The largest absolute Gasteiger partial charge is 0.494 e. The summed E-state index contributed by atoms with van der Waals surface area (Å²) in [5, 5.41) is 5.68. The second-order valence-electron chi connectivity index (χ2n) is 8.53. The molecule has 0 aliphatic heterocycles. The number of methoxy groups -OCH3 is 1. The van der Waals surface area contributed by atoms with E-state index in [0.29, 0.717) is 17.2 Å². The molecule has 182 valence electrons. The Bertz CT molecular complexity index is 1230. The number of nitrogens with two attached hydrogens (primary N) is 1. The molecule has 0 spiro atoms. The van der Waals surface area contributed by atoms with Gasteiger partial charge in [-0.05, 0) is 31.7 Å². The molecule has 0 atom stereocenters. The molecule has 1 aromatic heterocycles. The van der Waals surface area contributed by atoms with Gasteiger partial charge in [0.25, 0.3) is 0 Å². The van der Waals surface area contributed by atoms with Crippen molar-refractivity contribution >= 4 is 23.3 Å². The minimum Gasteiger partial charge on any atom is -0.494 e. The second kappa shape index (κ2) is 10.0. The first-order chi connectivity index (χ1) is 16.8. The van der Waals surface area contributed by atoms with Gasteiger partial charge >= 0.3 is 0 Å². The summed E-state index contributed by atoms with van der Waals surface area (Å²) < 4.78 is 20.3. The fourth-order valence-electron chi connectivity index (χ4n) is 3.51. The predicted octanol–water partition coefficient (Wildman–Crippen LogP) is 3.06. The standard InChI is InChI=1S/C25H27FN6O3/c1-13(24(27)33)18(10-22(28-2)32-25(34)15-6-7-15)31-19-9-16(26)8-17(23(19)35-3)21-12-29-20(11-30-21)14-4-5-14/h8-12,14-15,31H,1,4-7H2,2-3H3,(H2,27,33)(H,28,32,34)/b18-10+. The summed E-state index contributed by atoms with van der Waals surface area (Å²) >= 11 is 0. The Labute approximate surface area is 202 Å². The molecular weight excluding hydrogens is 451 g/mol. The zero-order chi connectivity index (χ0) is 25.1. The highest BCUT2D eigenvalue weighted by molar-refractivity contribution is 6.08. The molecule has 2 aliphatic rings. The van der Waals surface area contributed by atoms with Gasteiger partial charge in [0.2, 0.25) is 11.8 Å². The lowest BCUT2D eigenvalue weighted by Crippen LogP contribution is -2.31. The van der Waals surface area contributed by atoms with Gasteiger partial charge in [-0.15, -0.1) is 0 Å². The van der Waals surface area contributed by atoms with Crippen LogP contribution in [0.1, 0.15) is 37.3 Å². The summed E-state index contributed by atoms with van der Waals surface area (Å²) in [5.74, 6) is -0.662. The number of carbonyl (C=O) groups is 2. The molecule has 35 heavy (non-hydrogen) atoms. The number of hydrogen-bond acceptors (Lipinski definition) is 7. The highest BCUT2D eigenvalue weighted by Gasteiger charge is 2.30. The second-order valence-corrected chi connectivity index (χ2v) is 8.53. The van der Waals surface area contributed by atoms with Crippen molar-refractivity contribution in [2.45, 2.75) is 31.6 Å². The molecule has 2 aromatic rings. The number of hydrogen-bond donors (Lipinski definition) is 3. The van der Waals surface area contributed by atoms with Crippen molar-refractivity contribution in [3.8, 4) is 17.0 Å². The third kappa shape index (κ3) is 5.71. The Kier molecular flexibility index (Phi) is 6.90. The number of aliphatic imine (C=N–C) groups is 1. The van der Waals surface area contributed by atoms with E-state index in [9.17, 15) is 14.0 Å². The molecule has 4 rings (SSSR count). The molecule has 2 fully saturated rings. The van der Waals surface area contributed by atoms with E-state index < -0.39 is 11.7 Å². The van der Waals surface area contributed by atoms with Gasteiger partial charge in [-0.3, -0.25) is 24.5 Å². The zero-order valence-corrected chi connectivity index (χ0v) is 19.6. The first-order valence-corrected chi connectivity index (χ1v) is 11.3. The maximum absolute atomic E-state index is 14.7. The molecule has 0 saturated heterocycles. The van der Waals surface area contributed by atoms with Gasteiger partial charge in [-0.1, -0.05) is 6.58 Å². The number of amidine groups is 1. The quantitative estimate of drug-likeness (QED) is 0.220. The van der Waals surface area contributed by atoms with Gasteiger partial charge in [-0.25, -0.2) is 4.39 Å². The maximum atomic E-state index is 14.7. The van der Waals surface area contributed by atoms with Gasteiger partial charge in [0.15, 0.2) is 5.75 Å². The minimum absolute atomic E-state index is 0.0471. The van der Waals surface area contributed by atoms with Gasteiger partial charge in [0.05, 0.1) is 41.7 Å². The first kappa shape index (κ1) is 24.1. The van der Waals surface area contributed by atoms with Crippen LogP contribution >= 0.6 is 0 Å². The summed E-state index contributed by atoms with van der Waals surface area (Å²) in [6.45, 7) is 3.73. The number of nitrogens with one attached hydrogen (secondary N) is 2. The number of nitrogens with zero attached hydrogens (tertiary/aromatic N) is 3. The number of carbonyl (C=O) groups excluding carboxylic acids is 2. The Hall–Kier alpha value is -4.08. The van der Waals surface area contributed by atoms with Crippen LogP contribution in [0.3, 0.4) is 0 Å². The third-order valence-electron chi connectivity index (χ3n) is 5.81. The van der Waals surface area contributed by atoms with Crippen molar-refractivity contribution < 1.29 is 18.7 Å². The van der Waals surface area contributed by atoms with Crippen molar-refractivity contribution in [1.82, 2.24) is 15.3 Å². The maximum Gasteiger partial charge on any atom is 0.250 e. The Morgan fingerprint density at radius 2 is 1.97 bits per heavy atom. The average molecular weight is 479 g/mol. The summed E-state index contributed by atoms with van der Waals surface area (Å²) in [6.07, 6.45) is 8.52. The monoisotopic (exact) mass is 478 g/mol. The van der Waals surface area contributed by atoms with Crippen molar-refractivity contribution in [1.29, 1.82) is 0 Å². The van der Waals surface area contributed by atoms with Crippen LogP contribution < -0.4 is 21.1 Å². The van der Waals surface area contributed by atoms with Crippen molar-refractivity contribution in [3.63, 3.8) is 0 Å². The highest BCUT2D eigenvalue weighted by Crippen LogP contribution is 2.40. The van der Waals surface area contributed by atoms with E-state index in [0.717, 1.165) is 31.4 Å². The molecule has 9 nitrogen and oxygen atoms in total. The van der Waals surface area contributed by atoms with E-state index in [1.165, 1.54) is 32.4 Å². The van der Waals surface area contributed by atoms with Crippen LogP contribution in [0.25, 0.3) is 11.3 Å². The lowest BCUT2D eigenvalue weighted by molar-refractivity contribution is -0.120. The van der Waals surface area contributed by atoms with E-state index in [-0.39, 0.29) is 40.4 Å². The van der Waals surface area contributed by atoms with Gasteiger partial charge < -0.3 is 21.1 Å². The average Bonchev–Trinajstić information content (AvgIpc) is 3.75. The predicted molar refractivity (Wildman–Crippen MR) is 130 cm³/mol. The van der Waals surface area contributed by atoms with Gasteiger partial charge in [-0.2, -0.15) is 0 Å². The first-order valence-electron chi connectivity index (χ1n) is 11.3. The van der Waals surface area contributed by atoms with Crippen molar-refractivity contribution in [2.24, 2.45) is 16.6 Å². The topological polar surface area (TPSA) is 132 Å². The van der Waals surface area contributed by atoms with Crippen molar-refractivity contribution in [2.75, 3.05) is 19.5 Å². The third-order valence-corrected chi connectivity index (χ3v) is 5.81. The van der Waals surface area contributed by atoms with E-state index >= 15 is 0 Å². The molecule has 0 radical (unpaired) electrons. The highest BCUT2D eigenvalue weighted by atomic mass is 19.1. The molecule has 10 heteroatoms. The smallest absolute Gasteiger partial charge is 0.250 e. The number of aromatic nitrogens is 2. The van der Waals surface area contributed by atoms with Crippen LogP contribution in [-0.4, -0.2) is 41.8 Å². The van der Waals surface area contributed by atoms with Crippen LogP contribution in [0, 0.1) is 11.7 Å². The van der Waals surface area contributed by atoms with E-state index in [4.69, 9.17) is 10.5 Å². The number of primary amides is 1. The number of anilines is 1. The van der Waals surface area contributed by atoms with E-state index in [1.54, 1.807) is 12.4 Å². The lowest BCUT2D eigenvalue weighted by atomic mass is 10.1. The van der Waals surface area contributed by atoms with Crippen LogP contribution in [0.2, 0.25) is 0 Å². The SMILES string of the molecule is C=C(C(N)=O)/C(=C\C(=NC)NC(=O)C1CC1)Nc1cc(F)cc(-c2cnc(C3CC3)cn2)c1OC. The number of benzene rings is 1. The van der Waals surface area contributed by atoms with E-state index in [2.05, 4.69) is 32.2 Å². The van der Waals surface area contributed by atoms with Gasteiger partial charge in [0.1, 0.15) is 11.7 Å². The number of amides is 2. The summed E-state index contributed by atoms with van der Waals surface area (Å²) in [5.41, 5.74) is 7.41. The zero-order valence-electron chi connectivity index (χ0n) is 19.6. The van der Waals surface area contributed by atoms with E-state index in [1.807, 2.05) is 0 Å². The molecule has 2 aliphatic carbocycles. The molecule has 0 bridgehead atoms. The fraction of sp³-hybridized carbons (Fsp3) is 0.320. The molecule has 2 amide bonds. The van der Waals surface area contributed by atoms with Crippen LogP contribution in [0.5, 0.6) is 5.75 Å². The number of halogens is 1. The Morgan fingerprint density at radius 3 is 2.51 bits per heavy atom. The van der Waals surface area contributed by atoms with Crippen LogP contribution in [0.4, 0.5) is 10.1 Å². The van der Waals surface area contributed by atoms with Crippen LogP contribution in [0.15, 0.2) is 53.4 Å². The molecule has 1 aromatic carbocycles.